The third-order valence-electron chi connectivity index (χ3n) is 4.26. The first kappa shape index (κ1) is 17.3. The van der Waals surface area contributed by atoms with E-state index in [2.05, 4.69) is 16.4 Å². The maximum atomic E-state index is 9.30. The van der Waals surface area contributed by atoms with Gasteiger partial charge in [0.1, 0.15) is 24.9 Å². The molecule has 1 aliphatic heterocycles. The molecule has 1 aliphatic rings. The van der Waals surface area contributed by atoms with E-state index in [9.17, 15) is 5.26 Å². The largest absolute Gasteiger partial charge is 0.496 e. The van der Waals surface area contributed by atoms with Crippen molar-refractivity contribution >= 4 is 5.88 Å². The highest BCUT2D eigenvalue weighted by molar-refractivity contribution is 5.65. The molecule has 7 heteroatoms. The summed E-state index contributed by atoms with van der Waals surface area (Å²) in [4.78, 5) is 5.84. The monoisotopic (exact) mass is 343 g/mol. The van der Waals surface area contributed by atoms with Crippen molar-refractivity contribution in [1.29, 1.82) is 5.26 Å². The number of hydrogen-bond donors (Lipinski definition) is 2. The number of anilines is 1. The molecule has 0 amide bonds. The molecule has 0 aliphatic carbocycles. The highest BCUT2D eigenvalue weighted by Crippen LogP contribution is 2.31. The molecule has 0 bridgehead atoms. The Bertz CT molecular complexity index is 732. The van der Waals surface area contributed by atoms with Crippen molar-refractivity contribution in [3.05, 3.63) is 30.0 Å². The number of nitrogens with one attached hydrogen (secondary N) is 2. The van der Waals surface area contributed by atoms with Crippen molar-refractivity contribution in [2.24, 2.45) is 0 Å². The highest BCUT2D eigenvalue weighted by atomic mass is 16.5. The quantitative estimate of drug-likeness (QED) is 0.728. The molecule has 0 atom stereocenters. The van der Waals surface area contributed by atoms with Gasteiger partial charge < -0.3 is 24.1 Å². The van der Waals surface area contributed by atoms with Gasteiger partial charge in [0, 0.05) is 13.0 Å². The van der Waals surface area contributed by atoms with E-state index < -0.39 is 0 Å². The van der Waals surface area contributed by atoms with E-state index in [-0.39, 0.29) is 5.69 Å². The van der Waals surface area contributed by atoms with Gasteiger partial charge in [-0.15, -0.1) is 0 Å². The Hall–Kier alpha value is -2.56. The van der Waals surface area contributed by atoms with Crippen LogP contribution in [0.15, 0.2) is 28.7 Å². The van der Waals surface area contributed by atoms with Crippen molar-refractivity contribution in [1.82, 2.24) is 4.98 Å². The average molecular weight is 343 g/mol. The Kier molecular flexibility index (Phi) is 5.88. The van der Waals surface area contributed by atoms with Crippen molar-refractivity contribution < 1.29 is 18.8 Å². The number of aromatic nitrogens is 1. The second-order valence-electron chi connectivity index (χ2n) is 5.90. The normalized spacial score (nSPS) is 14.9. The first-order valence-corrected chi connectivity index (χ1v) is 8.51. The molecule has 1 aromatic heterocycles. The van der Waals surface area contributed by atoms with E-state index in [1.54, 1.807) is 12.0 Å². The lowest BCUT2D eigenvalue weighted by molar-refractivity contribution is -0.908. The van der Waals surface area contributed by atoms with Crippen LogP contribution in [-0.4, -0.2) is 51.5 Å². The number of morpholine rings is 1. The third-order valence-corrected chi connectivity index (χ3v) is 4.26. The fraction of sp³-hybridized carbons (Fsp3) is 0.444. The second kappa shape index (κ2) is 8.51. The molecule has 2 N–H and O–H groups in total. The van der Waals surface area contributed by atoms with Gasteiger partial charge in [0.25, 0.3) is 0 Å². The lowest BCUT2D eigenvalue weighted by Gasteiger charge is -2.23. The van der Waals surface area contributed by atoms with Crippen LogP contribution in [0.1, 0.15) is 12.1 Å². The maximum Gasteiger partial charge on any atom is 0.233 e. The Morgan fingerprint density at radius 2 is 2.12 bits per heavy atom. The Balaban J connectivity index is 1.62. The molecular weight excluding hydrogens is 320 g/mol. The van der Waals surface area contributed by atoms with E-state index >= 15 is 0 Å². The summed E-state index contributed by atoms with van der Waals surface area (Å²) in [5.74, 6) is 1.46. The molecule has 132 valence electrons. The van der Waals surface area contributed by atoms with Crippen molar-refractivity contribution in [2.45, 2.75) is 6.42 Å². The number of benzene rings is 1. The SMILES string of the molecule is COc1ccccc1-c1nc(C#N)c(NCCC[NH+]2CCOCC2)o1. The van der Waals surface area contributed by atoms with Crippen molar-refractivity contribution in [3.63, 3.8) is 0 Å². The van der Waals surface area contributed by atoms with Crippen LogP contribution >= 0.6 is 0 Å². The molecule has 1 fully saturated rings. The minimum atomic E-state index is 0.264. The van der Waals surface area contributed by atoms with Gasteiger partial charge in [0.15, 0.2) is 0 Å². The molecule has 0 spiro atoms. The smallest absolute Gasteiger partial charge is 0.233 e. The van der Waals surface area contributed by atoms with Gasteiger partial charge in [0.2, 0.25) is 17.5 Å². The van der Waals surface area contributed by atoms with Crippen molar-refractivity contribution in [3.8, 4) is 23.3 Å². The molecule has 2 aromatic rings. The molecule has 0 unspecified atom stereocenters. The summed E-state index contributed by atoms with van der Waals surface area (Å²) in [5.41, 5.74) is 0.993. The number of rotatable bonds is 7. The molecule has 2 heterocycles. The standard InChI is InChI=1S/C18H22N4O3/c1-23-16-6-3-2-5-14(16)17-21-15(13-19)18(25-17)20-7-4-8-22-9-11-24-12-10-22/h2-3,5-6,20H,4,7-12H2,1H3/p+1. The lowest BCUT2D eigenvalue weighted by Crippen LogP contribution is -3.14. The van der Waals surface area contributed by atoms with Crippen LogP contribution < -0.4 is 15.0 Å². The van der Waals surface area contributed by atoms with Crippen molar-refractivity contribution in [2.75, 3.05) is 51.8 Å². The van der Waals surface area contributed by atoms with Gasteiger partial charge in [-0.3, -0.25) is 0 Å². The molecule has 7 nitrogen and oxygen atoms in total. The third kappa shape index (κ3) is 4.29. The summed E-state index contributed by atoms with van der Waals surface area (Å²) in [6.07, 6.45) is 0.991. The number of methoxy groups -OCH3 is 1. The number of quaternary nitrogens is 1. The van der Waals surface area contributed by atoms with Crippen LogP contribution in [0.5, 0.6) is 5.75 Å². The van der Waals surface area contributed by atoms with Crippen LogP contribution in [-0.2, 0) is 4.74 Å². The Morgan fingerprint density at radius 1 is 1.32 bits per heavy atom. The summed E-state index contributed by atoms with van der Waals surface area (Å²) in [6.45, 7) is 5.61. The van der Waals surface area contributed by atoms with E-state index in [4.69, 9.17) is 13.9 Å². The minimum Gasteiger partial charge on any atom is -0.496 e. The fourth-order valence-electron chi connectivity index (χ4n) is 2.90. The number of nitriles is 1. The van der Waals surface area contributed by atoms with E-state index in [0.29, 0.717) is 17.5 Å². The zero-order chi connectivity index (χ0) is 17.5. The molecule has 1 aromatic carbocycles. The van der Waals surface area contributed by atoms with Crippen LogP contribution in [0.25, 0.3) is 11.5 Å². The van der Waals surface area contributed by atoms with E-state index in [0.717, 1.165) is 51.4 Å². The topological polar surface area (TPSA) is 84.8 Å². The predicted octanol–water partition coefficient (Wildman–Crippen LogP) is 0.939. The first-order chi connectivity index (χ1) is 12.3. The van der Waals surface area contributed by atoms with Gasteiger partial charge in [-0.05, 0) is 12.1 Å². The van der Waals surface area contributed by atoms with Crippen LogP contribution in [0.4, 0.5) is 5.88 Å². The molecular formula is C18H23N4O3+. The summed E-state index contributed by atoms with van der Waals surface area (Å²) in [6, 6.07) is 9.54. The van der Waals surface area contributed by atoms with Gasteiger partial charge in [0.05, 0.1) is 32.4 Å². The lowest BCUT2D eigenvalue weighted by atomic mass is 10.2. The van der Waals surface area contributed by atoms with E-state index in [1.807, 2.05) is 24.3 Å². The molecule has 25 heavy (non-hydrogen) atoms. The minimum absolute atomic E-state index is 0.264. The van der Waals surface area contributed by atoms with Gasteiger partial charge >= 0.3 is 0 Å². The molecule has 3 rings (SSSR count). The first-order valence-electron chi connectivity index (χ1n) is 8.51. The highest BCUT2D eigenvalue weighted by Gasteiger charge is 2.17. The number of oxazole rings is 1. The molecule has 0 saturated carbocycles. The molecule has 0 radical (unpaired) electrons. The molecule has 1 saturated heterocycles. The van der Waals surface area contributed by atoms with Gasteiger partial charge in [-0.2, -0.15) is 10.2 Å². The van der Waals surface area contributed by atoms with Crippen LogP contribution in [0, 0.1) is 11.3 Å². The van der Waals surface area contributed by atoms with Crippen LogP contribution in [0.2, 0.25) is 0 Å². The summed E-state index contributed by atoms with van der Waals surface area (Å²) >= 11 is 0. The second-order valence-corrected chi connectivity index (χ2v) is 5.90. The maximum absolute atomic E-state index is 9.30. The van der Waals surface area contributed by atoms with Gasteiger partial charge in [-0.25, -0.2) is 0 Å². The fourth-order valence-corrected chi connectivity index (χ4v) is 2.90. The number of para-hydroxylation sites is 1. The zero-order valence-electron chi connectivity index (χ0n) is 14.4. The number of nitrogens with zero attached hydrogens (tertiary/aromatic N) is 2. The average Bonchev–Trinajstić information content (AvgIpc) is 3.09. The Labute approximate surface area is 147 Å². The number of hydrogen-bond acceptors (Lipinski definition) is 6. The number of ether oxygens (including phenoxy) is 2. The summed E-state index contributed by atoms with van der Waals surface area (Å²) in [5, 5.41) is 12.5. The Morgan fingerprint density at radius 3 is 2.88 bits per heavy atom. The van der Waals surface area contributed by atoms with Crippen LogP contribution in [0.3, 0.4) is 0 Å². The van der Waals surface area contributed by atoms with E-state index in [1.165, 1.54) is 0 Å². The summed E-state index contributed by atoms with van der Waals surface area (Å²) < 4.78 is 16.5. The summed E-state index contributed by atoms with van der Waals surface area (Å²) in [7, 11) is 1.60. The predicted molar refractivity (Wildman–Crippen MR) is 92.7 cm³/mol. The zero-order valence-corrected chi connectivity index (χ0v) is 14.4. The van der Waals surface area contributed by atoms with Gasteiger partial charge in [-0.1, -0.05) is 12.1 Å².